The van der Waals surface area contributed by atoms with E-state index in [0.717, 1.165) is 5.56 Å². The fourth-order valence-corrected chi connectivity index (χ4v) is 4.05. The van der Waals surface area contributed by atoms with Crippen LogP contribution in [0.1, 0.15) is 12.5 Å². The summed E-state index contributed by atoms with van der Waals surface area (Å²) >= 11 is 0. The number of rotatable bonds is 7. The summed E-state index contributed by atoms with van der Waals surface area (Å²) in [7, 11) is 0. The summed E-state index contributed by atoms with van der Waals surface area (Å²) < 4.78 is 28.1. The third kappa shape index (κ3) is 4.81. The summed E-state index contributed by atoms with van der Waals surface area (Å²) in [5.41, 5.74) is 0.920. The van der Waals surface area contributed by atoms with Crippen molar-refractivity contribution in [2.75, 3.05) is 13.2 Å². The van der Waals surface area contributed by atoms with Gasteiger partial charge in [0.2, 0.25) is 6.29 Å². The topological polar surface area (TPSA) is 160 Å². The van der Waals surface area contributed by atoms with E-state index < -0.39 is 68.0 Å². The van der Waals surface area contributed by atoms with Crippen molar-refractivity contribution in [1.82, 2.24) is 0 Å². The highest BCUT2D eigenvalue weighted by Crippen LogP contribution is 2.33. The molecule has 0 aliphatic carbocycles. The maximum absolute atomic E-state index is 10.7. The third-order valence-corrected chi connectivity index (χ3v) is 5.79. The van der Waals surface area contributed by atoms with E-state index in [-0.39, 0.29) is 13.2 Å². The summed E-state index contributed by atoms with van der Waals surface area (Å²) in [5.74, 6) is 0.333. The van der Waals surface area contributed by atoms with Crippen molar-refractivity contribution in [2.24, 2.45) is 4.99 Å². The number of ether oxygens (including phenoxy) is 5. The van der Waals surface area contributed by atoms with E-state index in [0.29, 0.717) is 5.90 Å². The predicted octanol–water partition coefficient (Wildman–Crippen LogP) is -1.71. The molecule has 4 rings (SSSR count). The van der Waals surface area contributed by atoms with Crippen LogP contribution in [0.5, 0.6) is 0 Å². The molecule has 5 N–H and O–H groups in total. The van der Waals surface area contributed by atoms with E-state index >= 15 is 0 Å². The fraction of sp³-hybridized carbons (Fsp3) is 0.667. The lowest BCUT2D eigenvalue weighted by atomic mass is 9.96. The van der Waals surface area contributed by atoms with Gasteiger partial charge in [0, 0.05) is 6.92 Å². The smallest absolute Gasteiger partial charge is 0.227 e. The average molecular weight is 455 g/mol. The van der Waals surface area contributed by atoms with Crippen molar-refractivity contribution < 1.29 is 49.2 Å². The second-order valence-electron chi connectivity index (χ2n) is 8.09. The number of aliphatic imine (C=N–C) groups is 1. The molecule has 3 aliphatic rings. The van der Waals surface area contributed by atoms with Gasteiger partial charge >= 0.3 is 0 Å². The SMILES string of the molecule is CC1=N[C@H]2[C@@H](O1)O[C@H](CO)[C@@H](O[C@@H]1O[C@H](COCc3ccccc3)[C@@H](O)[C@H](O)[C@@H]1O)[C@@H]2O. The van der Waals surface area contributed by atoms with Crippen molar-refractivity contribution in [3.63, 3.8) is 0 Å². The highest BCUT2D eigenvalue weighted by molar-refractivity contribution is 5.75. The number of nitrogens with zero attached hydrogens (tertiary/aromatic N) is 1. The van der Waals surface area contributed by atoms with Crippen LogP contribution < -0.4 is 0 Å². The Kier molecular flexibility index (Phi) is 7.40. The van der Waals surface area contributed by atoms with Gasteiger partial charge in [-0.25, -0.2) is 4.99 Å². The predicted molar refractivity (Wildman–Crippen MR) is 107 cm³/mol. The molecule has 0 saturated carbocycles. The number of benzene rings is 1. The first-order valence-corrected chi connectivity index (χ1v) is 10.5. The van der Waals surface area contributed by atoms with Gasteiger partial charge in [-0.05, 0) is 5.56 Å². The molecule has 1 aromatic rings. The lowest BCUT2D eigenvalue weighted by Gasteiger charge is -2.45. The van der Waals surface area contributed by atoms with Crippen LogP contribution in [-0.2, 0) is 30.3 Å². The Bertz CT molecular complexity index is 779. The van der Waals surface area contributed by atoms with Gasteiger partial charge in [0.05, 0.1) is 19.8 Å². The molecule has 178 valence electrons. The summed E-state index contributed by atoms with van der Waals surface area (Å²) in [6, 6.07) is 8.61. The van der Waals surface area contributed by atoms with E-state index in [1.165, 1.54) is 0 Å². The monoisotopic (exact) mass is 455 g/mol. The standard InChI is InChI=1S/C21H29NO10/c1-10-22-14-16(25)19(12(7-23)30-20(14)29-10)32-21-18(27)17(26)15(24)13(31-21)9-28-8-11-5-3-2-4-6-11/h2-6,12-21,23-27H,7-9H2,1H3/t12-,13-,14-,15-,16-,17+,18+,19-,20+,21+/m1/s1. The highest BCUT2D eigenvalue weighted by atomic mass is 16.7. The Balaban J connectivity index is 1.41. The molecule has 0 spiro atoms. The molecule has 10 atom stereocenters. The van der Waals surface area contributed by atoms with Crippen LogP contribution >= 0.6 is 0 Å². The average Bonchev–Trinajstić information content (AvgIpc) is 3.18. The van der Waals surface area contributed by atoms with Gasteiger partial charge in [-0.1, -0.05) is 30.3 Å². The first-order valence-electron chi connectivity index (χ1n) is 10.5. The van der Waals surface area contributed by atoms with Crippen LogP contribution in [0.15, 0.2) is 35.3 Å². The van der Waals surface area contributed by atoms with E-state index in [4.69, 9.17) is 23.7 Å². The van der Waals surface area contributed by atoms with Crippen LogP contribution in [0.25, 0.3) is 0 Å². The summed E-state index contributed by atoms with van der Waals surface area (Å²) in [4.78, 5) is 4.18. The molecule has 0 amide bonds. The largest absolute Gasteiger partial charge is 0.450 e. The summed E-state index contributed by atoms with van der Waals surface area (Å²) in [6.45, 7) is 1.31. The van der Waals surface area contributed by atoms with Crippen LogP contribution in [0.2, 0.25) is 0 Å². The number of hydrogen-bond donors (Lipinski definition) is 5. The Hall–Kier alpha value is -1.67. The van der Waals surface area contributed by atoms with E-state index in [9.17, 15) is 25.5 Å². The molecule has 0 unspecified atom stereocenters. The van der Waals surface area contributed by atoms with Crippen LogP contribution in [0.3, 0.4) is 0 Å². The molecular formula is C21H29NO10. The quantitative estimate of drug-likeness (QED) is 0.320. The molecule has 3 heterocycles. The normalized spacial score (nSPS) is 41.6. The second-order valence-corrected chi connectivity index (χ2v) is 8.09. The third-order valence-electron chi connectivity index (χ3n) is 5.79. The van der Waals surface area contributed by atoms with Crippen molar-refractivity contribution in [1.29, 1.82) is 0 Å². The van der Waals surface area contributed by atoms with Gasteiger partial charge in [0.1, 0.15) is 48.8 Å². The Labute approximate surface area is 184 Å². The Morgan fingerprint density at radius 3 is 2.41 bits per heavy atom. The van der Waals surface area contributed by atoms with Gasteiger partial charge in [-0.3, -0.25) is 0 Å². The van der Waals surface area contributed by atoms with Crippen LogP contribution in [0, 0.1) is 0 Å². The summed E-state index contributed by atoms with van der Waals surface area (Å²) in [5, 5.41) is 51.5. The molecule has 0 bridgehead atoms. The maximum atomic E-state index is 10.7. The lowest BCUT2D eigenvalue weighted by molar-refractivity contribution is -0.342. The zero-order chi connectivity index (χ0) is 22.8. The van der Waals surface area contributed by atoms with E-state index in [1.54, 1.807) is 6.92 Å². The van der Waals surface area contributed by atoms with Crippen LogP contribution in [-0.4, -0.2) is 106 Å². The second kappa shape index (κ2) is 10.1. The fourth-order valence-electron chi connectivity index (χ4n) is 4.05. The first-order chi connectivity index (χ1) is 15.4. The number of hydrogen-bond acceptors (Lipinski definition) is 11. The molecular weight excluding hydrogens is 426 g/mol. The van der Waals surface area contributed by atoms with Crippen molar-refractivity contribution >= 4 is 5.90 Å². The molecule has 3 aliphatic heterocycles. The van der Waals surface area contributed by atoms with Crippen LogP contribution in [0.4, 0.5) is 0 Å². The van der Waals surface area contributed by atoms with Gasteiger partial charge in [0.15, 0.2) is 12.2 Å². The van der Waals surface area contributed by atoms with E-state index in [2.05, 4.69) is 4.99 Å². The minimum Gasteiger partial charge on any atom is -0.450 e. The zero-order valence-electron chi connectivity index (χ0n) is 17.5. The van der Waals surface area contributed by atoms with Crippen molar-refractivity contribution in [2.45, 2.75) is 74.9 Å². The molecule has 0 radical (unpaired) electrons. The Morgan fingerprint density at radius 1 is 0.938 bits per heavy atom. The molecule has 1 aromatic carbocycles. The zero-order valence-corrected chi connectivity index (χ0v) is 17.5. The molecule has 11 heteroatoms. The van der Waals surface area contributed by atoms with Crippen molar-refractivity contribution in [3.05, 3.63) is 35.9 Å². The van der Waals surface area contributed by atoms with Gasteiger partial charge < -0.3 is 49.2 Å². The number of aliphatic hydroxyl groups excluding tert-OH is 5. The lowest BCUT2D eigenvalue weighted by Crippen LogP contribution is -2.64. The molecule has 11 nitrogen and oxygen atoms in total. The highest BCUT2D eigenvalue weighted by Gasteiger charge is 2.52. The summed E-state index contributed by atoms with van der Waals surface area (Å²) in [6.07, 6.45) is -11.2. The van der Waals surface area contributed by atoms with Gasteiger partial charge in [-0.15, -0.1) is 0 Å². The van der Waals surface area contributed by atoms with Gasteiger partial charge in [0.25, 0.3) is 0 Å². The molecule has 2 fully saturated rings. The maximum Gasteiger partial charge on any atom is 0.227 e. The van der Waals surface area contributed by atoms with E-state index in [1.807, 2.05) is 30.3 Å². The Morgan fingerprint density at radius 2 is 1.69 bits per heavy atom. The minimum atomic E-state index is -1.61. The molecule has 32 heavy (non-hydrogen) atoms. The number of fused-ring (bicyclic) bond motifs is 1. The molecule has 0 aromatic heterocycles. The van der Waals surface area contributed by atoms with Crippen molar-refractivity contribution in [3.8, 4) is 0 Å². The number of aliphatic hydroxyl groups is 5. The minimum absolute atomic E-state index is 0.0745. The van der Waals surface area contributed by atoms with Gasteiger partial charge in [-0.2, -0.15) is 0 Å². The first kappa shape index (κ1) is 23.5. The molecule has 2 saturated heterocycles.